The van der Waals surface area contributed by atoms with E-state index in [1.165, 1.54) is 18.2 Å². The van der Waals surface area contributed by atoms with Crippen LogP contribution in [0.4, 0.5) is 5.69 Å². The van der Waals surface area contributed by atoms with Crippen molar-refractivity contribution >= 4 is 46.0 Å². The summed E-state index contributed by atoms with van der Waals surface area (Å²) in [7, 11) is -14.5. The smallest absolute Gasteiger partial charge is 0.286 e. The molecule has 1 aromatic rings. The number of hydrogen-bond donors (Lipinski definition) is 4. The summed E-state index contributed by atoms with van der Waals surface area (Å²) in [4.78, 5) is -0.209. The van der Waals surface area contributed by atoms with E-state index >= 15 is 0 Å². The predicted molar refractivity (Wildman–Crippen MR) is 101 cm³/mol. The highest BCUT2D eigenvalue weighted by Gasteiger charge is 2.15. The number of anilines is 1. The Bertz CT molecular complexity index is 996. The molecule has 5 N–H and O–H groups in total. The molecule has 0 fully saturated rings. The van der Waals surface area contributed by atoms with Crippen LogP contribution in [-0.2, 0) is 46.7 Å². The lowest BCUT2D eigenvalue weighted by atomic mass is 10.1. The van der Waals surface area contributed by atoms with Gasteiger partial charge in [-0.2, -0.15) is 16.8 Å². The second kappa shape index (κ2) is 10.3. The van der Waals surface area contributed by atoms with Crippen molar-refractivity contribution < 1.29 is 42.8 Å². The van der Waals surface area contributed by atoms with E-state index < -0.39 is 40.3 Å². The Balaban J connectivity index is 0. The summed E-state index contributed by atoms with van der Waals surface area (Å²) in [5.41, 5.74) is 0.609. The summed E-state index contributed by atoms with van der Waals surface area (Å²) in [5.74, 6) is 0. The van der Waals surface area contributed by atoms with Crippen molar-refractivity contribution in [2.24, 2.45) is 5.14 Å². The Morgan fingerprint density at radius 2 is 1.30 bits per heavy atom. The first-order valence-corrected chi connectivity index (χ1v) is 13.8. The molecule has 0 saturated carbocycles. The van der Waals surface area contributed by atoms with Crippen LogP contribution in [0.25, 0.3) is 0 Å². The molecule has 0 heterocycles. The molecule has 0 bridgehead atoms. The zero-order valence-electron chi connectivity index (χ0n) is 14.8. The van der Waals surface area contributed by atoms with Gasteiger partial charge in [0.25, 0.3) is 20.2 Å². The second-order valence-corrected chi connectivity index (χ2v) is 11.4. The highest BCUT2D eigenvalue weighted by molar-refractivity contribution is 7.92. The summed E-state index contributed by atoms with van der Waals surface area (Å²) in [6, 6.07) is 3.83. The number of nitrogens with two attached hydrogens (primary N) is 1. The summed E-state index contributed by atoms with van der Waals surface area (Å²) >= 11 is 0. The molecule has 1 aromatic carbocycles. The minimum absolute atomic E-state index is 0.209. The number of primary sulfonamides is 1. The van der Waals surface area contributed by atoms with Gasteiger partial charge in [-0.15, -0.1) is 0 Å². The number of benzene rings is 1. The molecule has 12 nitrogen and oxygen atoms in total. The largest absolute Gasteiger partial charge is 0.294 e. The summed E-state index contributed by atoms with van der Waals surface area (Å²) in [6.45, 7) is 1.70. The average molecular weight is 471 g/mol. The van der Waals surface area contributed by atoms with Crippen LogP contribution in [0.3, 0.4) is 0 Å². The molecule has 160 valence electrons. The van der Waals surface area contributed by atoms with Crippen molar-refractivity contribution in [3.8, 4) is 0 Å². The lowest BCUT2D eigenvalue weighted by Gasteiger charge is -2.09. The molecule has 0 radical (unpaired) electrons. The predicted octanol–water partition coefficient (Wildman–Crippen LogP) is -0.724. The van der Waals surface area contributed by atoms with Gasteiger partial charge in [0.2, 0.25) is 20.0 Å². The molecule has 0 saturated heterocycles. The lowest BCUT2D eigenvalue weighted by molar-refractivity contribution is 0.481. The lowest BCUT2D eigenvalue weighted by Crippen LogP contribution is -2.10. The van der Waals surface area contributed by atoms with E-state index in [9.17, 15) is 33.7 Å². The Morgan fingerprint density at radius 3 is 1.56 bits per heavy atom. The number of aryl methyl sites for hydroxylation is 1. The summed E-state index contributed by atoms with van der Waals surface area (Å²) < 4.78 is 99.9. The molecule has 0 unspecified atom stereocenters. The molecule has 1 rings (SSSR count). The van der Waals surface area contributed by atoms with Crippen LogP contribution >= 0.6 is 0 Å². The maximum absolute atomic E-state index is 11.0. The molecule has 27 heavy (non-hydrogen) atoms. The fraction of sp³-hybridized carbons (Fsp3) is 0.455. The maximum atomic E-state index is 11.0. The first-order chi connectivity index (χ1) is 11.6. The molecule has 0 spiro atoms. The van der Waals surface area contributed by atoms with Crippen molar-refractivity contribution in [2.75, 3.05) is 23.5 Å². The normalized spacial score (nSPS) is 12.1. The number of rotatable bonds is 4. The van der Waals surface area contributed by atoms with E-state index in [1.807, 2.05) is 0 Å². The van der Waals surface area contributed by atoms with E-state index in [2.05, 4.69) is 9.86 Å². The SMILES string of the molecule is CCc1cc(NS(C)(=O)=O)ccc1S(=O)(=O)O.CS(=O)(=O)O.CS(N)(=O)=O. The first-order valence-electron chi connectivity index (χ1n) is 6.62. The van der Waals surface area contributed by atoms with E-state index in [0.29, 0.717) is 18.2 Å². The van der Waals surface area contributed by atoms with E-state index in [1.54, 1.807) is 6.92 Å². The number of nitrogens with one attached hydrogen (secondary N) is 1. The monoisotopic (exact) mass is 470 g/mol. The van der Waals surface area contributed by atoms with Gasteiger partial charge in [-0.1, -0.05) is 6.92 Å². The molecule has 0 aliphatic heterocycles. The zero-order chi connectivity index (χ0) is 22.3. The fourth-order valence-corrected chi connectivity index (χ4v) is 2.71. The molecule has 0 aromatic heterocycles. The van der Waals surface area contributed by atoms with Crippen molar-refractivity contribution in [2.45, 2.75) is 18.2 Å². The molecule has 0 aliphatic carbocycles. The van der Waals surface area contributed by atoms with Gasteiger partial charge in [0.1, 0.15) is 0 Å². The molecule has 0 atom stereocenters. The quantitative estimate of drug-likeness (QED) is 0.405. The molecular weight excluding hydrogens is 448 g/mol. The van der Waals surface area contributed by atoms with Crippen molar-refractivity contribution in [1.82, 2.24) is 0 Å². The standard InChI is InChI=1S/C9H13NO5S2.CH5NO2S.CH4O3S/c1-3-7-6-8(10-16(2,11)12)4-5-9(7)17(13,14)15;2*1-5(2,3)4/h4-6,10H,3H2,1-2H3,(H,13,14,15);1H3,(H2,2,3,4);1H3,(H,2,3,4). The van der Waals surface area contributed by atoms with Crippen LogP contribution in [0.1, 0.15) is 12.5 Å². The van der Waals surface area contributed by atoms with Crippen molar-refractivity contribution in [3.63, 3.8) is 0 Å². The Kier molecular flexibility index (Phi) is 10.6. The van der Waals surface area contributed by atoms with Gasteiger partial charge in [-0.05, 0) is 30.2 Å². The van der Waals surface area contributed by atoms with E-state index in [4.69, 9.17) is 9.11 Å². The van der Waals surface area contributed by atoms with Crippen LogP contribution in [-0.4, -0.2) is 61.5 Å². The summed E-state index contributed by atoms with van der Waals surface area (Å²) in [5, 5.41) is 4.33. The highest BCUT2D eigenvalue weighted by atomic mass is 32.2. The highest BCUT2D eigenvalue weighted by Crippen LogP contribution is 2.21. The molecule has 16 heteroatoms. The van der Waals surface area contributed by atoms with Gasteiger partial charge >= 0.3 is 0 Å². The molecule has 0 amide bonds. The third kappa shape index (κ3) is 20.9. The number of hydrogen-bond acceptors (Lipinski definition) is 8. The Labute approximate surface area is 159 Å². The zero-order valence-corrected chi connectivity index (χ0v) is 18.1. The van der Waals surface area contributed by atoms with Gasteiger partial charge in [0, 0.05) is 5.69 Å². The van der Waals surface area contributed by atoms with E-state index in [0.717, 1.165) is 12.5 Å². The van der Waals surface area contributed by atoms with Crippen LogP contribution in [0, 0.1) is 0 Å². The van der Waals surface area contributed by atoms with Crippen LogP contribution in [0.2, 0.25) is 0 Å². The van der Waals surface area contributed by atoms with Gasteiger partial charge in [0.05, 0.1) is 23.7 Å². The van der Waals surface area contributed by atoms with Crippen LogP contribution in [0.5, 0.6) is 0 Å². The maximum Gasteiger partial charge on any atom is 0.294 e. The van der Waals surface area contributed by atoms with Gasteiger partial charge in [0.15, 0.2) is 0 Å². The van der Waals surface area contributed by atoms with Gasteiger partial charge < -0.3 is 0 Å². The minimum Gasteiger partial charge on any atom is -0.286 e. The van der Waals surface area contributed by atoms with Crippen molar-refractivity contribution in [3.05, 3.63) is 23.8 Å². The number of sulfonamides is 2. The average Bonchev–Trinajstić information content (AvgIpc) is 2.30. The summed E-state index contributed by atoms with van der Waals surface area (Å²) in [6.07, 6.45) is 3.00. The Hall–Kier alpha value is -1.30. The third-order valence-corrected chi connectivity index (χ3v) is 3.58. The second-order valence-electron chi connectivity index (χ2n) is 5.09. The van der Waals surface area contributed by atoms with E-state index in [-0.39, 0.29) is 10.6 Å². The first kappa shape index (κ1) is 27.9. The third-order valence-electron chi connectivity index (χ3n) is 2.02. The van der Waals surface area contributed by atoms with Crippen LogP contribution < -0.4 is 9.86 Å². The van der Waals surface area contributed by atoms with Crippen LogP contribution in [0.15, 0.2) is 23.1 Å². The van der Waals surface area contributed by atoms with Gasteiger partial charge in [-0.25, -0.2) is 22.0 Å². The molecular formula is C11H22N2O10S4. The minimum atomic E-state index is -4.28. The fourth-order valence-electron chi connectivity index (χ4n) is 1.38. The molecule has 0 aliphatic rings. The van der Waals surface area contributed by atoms with Gasteiger partial charge in [-0.3, -0.25) is 13.8 Å². The Morgan fingerprint density at radius 1 is 0.926 bits per heavy atom. The topological polar surface area (TPSA) is 215 Å². The van der Waals surface area contributed by atoms with Crippen molar-refractivity contribution in [1.29, 1.82) is 0 Å².